The largest absolute Gasteiger partial charge is 0.320 e. The van der Waals surface area contributed by atoms with Gasteiger partial charge in [0, 0.05) is 28.4 Å². The number of nitrogens with one attached hydrogen (secondary N) is 1. The Kier molecular flexibility index (Phi) is 3.90. The van der Waals surface area contributed by atoms with Crippen molar-refractivity contribution in [2.45, 2.75) is 13.3 Å². The van der Waals surface area contributed by atoms with Crippen LogP contribution in [0.15, 0.2) is 60.8 Å². The first kappa shape index (κ1) is 15.7. The molecule has 2 aromatic heterocycles. The van der Waals surface area contributed by atoms with Crippen molar-refractivity contribution in [1.29, 1.82) is 0 Å². The topological polar surface area (TPSA) is 46.4 Å². The van der Waals surface area contributed by atoms with Gasteiger partial charge in [-0.25, -0.2) is 4.98 Å². The lowest BCUT2D eigenvalue weighted by atomic mass is 10.1. The van der Waals surface area contributed by atoms with Crippen molar-refractivity contribution in [3.8, 4) is 0 Å². The number of rotatable bonds is 3. The lowest BCUT2D eigenvalue weighted by Crippen LogP contribution is -2.16. The van der Waals surface area contributed by atoms with E-state index < -0.39 is 0 Å². The summed E-state index contributed by atoms with van der Waals surface area (Å²) in [6.45, 7) is 1.98. The first-order chi connectivity index (χ1) is 12.2. The number of fused-ring (bicyclic) bond motifs is 2. The molecular formula is C20H16ClN3O. The summed E-state index contributed by atoms with van der Waals surface area (Å²) in [6, 6.07) is 17.4. The Morgan fingerprint density at radius 1 is 1.16 bits per heavy atom. The van der Waals surface area contributed by atoms with Gasteiger partial charge >= 0.3 is 0 Å². The van der Waals surface area contributed by atoms with Crippen LogP contribution in [-0.4, -0.2) is 15.3 Å². The maximum atomic E-state index is 13.0. The van der Waals surface area contributed by atoms with Gasteiger partial charge in [0.25, 0.3) is 5.91 Å². The highest BCUT2D eigenvalue weighted by atomic mass is 35.5. The van der Waals surface area contributed by atoms with Crippen molar-refractivity contribution >= 4 is 39.6 Å². The summed E-state index contributed by atoms with van der Waals surface area (Å²) in [6.07, 6.45) is 2.44. The molecule has 0 atom stereocenters. The number of aromatic nitrogens is 2. The van der Waals surface area contributed by atoms with Gasteiger partial charge in [-0.3, -0.25) is 9.20 Å². The van der Waals surface area contributed by atoms with Crippen LogP contribution in [0.4, 0.5) is 5.69 Å². The number of amides is 1. The maximum Gasteiger partial charge on any atom is 0.274 e. The van der Waals surface area contributed by atoms with Crippen molar-refractivity contribution < 1.29 is 4.79 Å². The van der Waals surface area contributed by atoms with Gasteiger partial charge in [0.15, 0.2) is 0 Å². The molecule has 0 fully saturated rings. The molecule has 0 aliphatic rings. The Labute approximate surface area is 150 Å². The van der Waals surface area contributed by atoms with Crippen LogP contribution in [-0.2, 0) is 6.42 Å². The zero-order valence-corrected chi connectivity index (χ0v) is 14.4. The molecule has 2 heterocycles. The van der Waals surface area contributed by atoms with E-state index in [-0.39, 0.29) is 5.91 Å². The molecule has 0 unspecified atom stereocenters. The normalized spacial score (nSPS) is 11.1. The third kappa shape index (κ3) is 2.75. The molecule has 4 aromatic rings. The summed E-state index contributed by atoms with van der Waals surface area (Å²) < 4.78 is 1.78. The van der Waals surface area contributed by atoms with E-state index in [9.17, 15) is 4.79 Å². The second-order valence-electron chi connectivity index (χ2n) is 5.81. The third-order valence-electron chi connectivity index (χ3n) is 4.25. The monoisotopic (exact) mass is 349 g/mol. The highest BCUT2D eigenvalue weighted by Crippen LogP contribution is 2.24. The van der Waals surface area contributed by atoms with Crippen molar-refractivity contribution in [2.75, 3.05) is 5.32 Å². The Balaban J connectivity index is 1.80. The van der Waals surface area contributed by atoms with Gasteiger partial charge in [0.1, 0.15) is 11.3 Å². The first-order valence-corrected chi connectivity index (χ1v) is 8.51. The number of carbonyl (C=O) groups excluding carboxylic acids is 1. The number of benzene rings is 2. The lowest BCUT2D eigenvalue weighted by molar-refractivity contribution is 0.102. The molecule has 124 valence electrons. The van der Waals surface area contributed by atoms with E-state index >= 15 is 0 Å². The Bertz CT molecular complexity index is 1100. The summed E-state index contributed by atoms with van der Waals surface area (Å²) in [5.74, 6) is -0.178. The fourth-order valence-electron chi connectivity index (χ4n) is 3.07. The van der Waals surface area contributed by atoms with Crippen LogP contribution < -0.4 is 5.32 Å². The van der Waals surface area contributed by atoms with Crippen LogP contribution >= 0.6 is 11.6 Å². The quantitative estimate of drug-likeness (QED) is 0.568. The van der Waals surface area contributed by atoms with Crippen molar-refractivity contribution in [1.82, 2.24) is 9.38 Å². The van der Waals surface area contributed by atoms with Crippen LogP contribution in [0.25, 0.3) is 16.4 Å². The Morgan fingerprint density at radius 3 is 2.80 bits per heavy atom. The number of aryl methyl sites for hydroxylation is 1. The molecule has 4 nitrogen and oxygen atoms in total. The lowest BCUT2D eigenvalue weighted by Gasteiger charge is -2.09. The van der Waals surface area contributed by atoms with Gasteiger partial charge in [-0.1, -0.05) is 54.9 Å². The van der Waals surface area contributed by atoms with E-state index in [1.807, 2.05) is 49.4 Å². The molecule has 0 aliphatic heterocycles. The molecule has 2 aromatic carbocycles. The number of hydrogen-bond acceptors (Lipinski definition) is 2. The Hall–Kier alpha value is -2.85. The van der Waals surface area contributed by atoms with Crippen LogP contribution in [0.3, 0.4) is 0 Å². The highest BCUT2D eigenvalue weighted by molar-refractivity contribution is 6.30. The third-order valence-corrected chi connectivity index (χ3v) is 4.48. The number of carbonyl (C=O) groups is 1. The standard InChI is InChI=1S/C20H16ClN3O/c1-2-16-19(24-11-10-14(21)12-18(24)22-16)20(25)23-17-9-5-7-13-6-3-4-8-15(13)17/h3-12H,2H2,1H3,(H,23,25). The predicted molar refractivity (Wildman–Crippen MR) is 101 cm³/mol. The molecule has 1 N–H and O–H groups in total. The SMILES string of the molecule is CCc1nc2cc(Cl)ccn2c1C(=O)Nc1cccc2ccccc12. The molecule has 0 radical (unpaired) electrons. The summed E-state index contributed by atoms with van der Waals surface area (Å²) in [5, 5.41) is 5.73. The maximum absolute atomic E-state index is 13.0. The van der Waals surface area contributed by atoms with Gasteiger partial charge < -0.3 is 5.32 Å². The predicted octanol–water partition coefficient (Wildman–Crippen LogP) is 4.96. The molecular weight excluding hydrogens is 334 g/mol. The Morgan fingerprint density at radius 2 is 1.96 bits per heavy atom. The minimum Gasteiger partial charge on any atom is -0.320 e. The molecule has 0 spiro atoms. The van der Waals surface area contributed by atoms with E-state index in [1.54, 1.807) is 22.7 Å². The van der Waals surface area contributed by atoms with Gasteiger partial charge in [0.2, 0.25) is 0 Å². The summed E-state index contributed by atoms with van der Waals surface area (Å²) in [7, 11) is 0. The van der Waals surface area contributed by atoms with Gasteiger partial charge in [0.05, 0.1) is 5.69 Å². The van der Waals surface area contributed by atoms with Crippen LogP contribution in [0.5, 0.6) is 0 Å². The summed E-state index contributed by atoms with van der Waals surface area (Å²) in [5.41, 5.74) is 2.75. The first-order valence-electron chi connectivity index (χ1n) is 8.13. The van der Waals surface area contributed by atoms with Gasteiger partial charge in [-0.15, -0.1) is 0 Å². The average molecular weight is 350 g/mol. The molecule has 0 saturated carbocycles. The molecule has 5 heteroatoms. The van der Waals surface area contributed by atoms with E-state index in [1.165, 1.54) is 0 Å². The second kappa shape index (κ2) is 6.22. The summed E-state index contributed by atoms with van der Waals surface area (Å²) in [4.78, 5) is 17.5. The number of imidazole rings is 1. The minimum absolute atomic E-state index is 0.178. The fraction of sp³-hybridized carbons (Fsp3) is 0.100. The van der Waals surface area contributed by atoms with E-state index in [0.717, 1.165) is 22.2 Å². The van der Waals surface area contributed by atoms with Crippen LogP contribution in [0.1, 0.15) is 23.1 Å². The zero-order valence-electron chi connectivity index (χ0n) is 13.7. The van der Waals surface area contributed by atoms with Crippen LogP contribution in [0.2, 0.25) is 5.02 Å². The number of anilines is 1. The fourth-order valence-corrected chi connectivity index (χ4v) is 3.23. The number of hydrogen-bond donors (Lipinski definition) is 1. The molecule has 4 rings (SSSR count). The van der Waals surface area contributed by atoms with Gasteiger partial charge in [-0.2, -0.15) is 0 Å². The molecule has 25 heavy (non-hydrogen) atoms. The number of halogens is 1. The zero-order chi connectivity index (χ0) is 17.4. The molecule has 0 aliphatic carbocycles. The van der Waals surface area contributed by atoms with Crippen LogP contribution in [0, 0.1) is 0 Å². The number of nitrogens with zero attached hydrogens (tertiary/aromatic N) is 2. The second-order valence-corrected chi connectivity index (χ2v) is 6.25. The molecule has 0 bridgehead atoms. The van der Waals surface area contributed by atoms with E-state index in [0.29, 0.717) is 22.8 Å². The van der Waals surface area contributed by atoms with E-state index in [4.69, 9.17) is 11.6 Å². The molecule has 1 amide bonds. The number of pyridine rings is 1. The molecule has 0 saturated heterocycles. The van der Waals surface area contributed by atoms with Crippen molar-refractivity contribution in [3.05, 3.63) is 77.2 Å². The van der Waals surface area contributed by atoms with Gasteiger partial charge in [-0.05, 0) is 23.9 Å². The highest BCUT2D eigenvalue weighted by Gasteiger charge is 2.19. The van der Waals surface area contributed by atoms with E-state index in [2.05, 4.69) is 10.3 Å². The summed E-state index contributed by atoms with van der Waals surface area (Å²) >= 11 is 6.04. The van der Waals surface area contributed by atoms with Crippen molar-refractivity contribution in [2.24, 2.45) is 0 Å². The minimum atomic E-state index is -0.178. The van der Waals surface area contributed by atoms with Crippen molar-refractivity contribution in [3.63, 3.8) is 0 Å². The average Bonchev–Trinajstić information content (AvgIpc) is 2.99. The smallest absolute Gasteiger partial charge is 0.274 e.